The number of ether oxygens (including phenoxy) is 1. The van der Waals surface area contributed by atoms with E-state index in [1.54, 1.807) is 6.07 Å². The van der Waals surface area contributed by atoms with Crippen LogP contribution in [0.25, 0.3) is 54.9 Å². The first-order chi connectivity index (χ1) is 29.7. The zero-order valence-corrected chi connectivity index (χ0v) is 32.5. The third kappa shape index (κ3) is 6.05. The molecule has 284 valence electrons. The summed E-state index contributed by atoms with van der Waals surface area (Å²) in [5.41, 5.74) is 10.8. The van der Waals surface area contributed by atoms with Crippen molar-refractivity contribution in [1.82, 2.24) is 0 Å². The summed E-state index contributed by atoms with van der Waals surface area (Å²) in [4.78, 5) is 4.36. The lowest BCUT2D eigenvalue weighted by Crippen LogP contribution is -2.14. The van der Waals surface area contributed by atoms with E-state index < -0.39 is 0 Å². The molecule has 60 heavy (non-hydrogen) atoms. The Bertz CT molecular complexity index is 3180. The molecule has 0 atom stereocenters. The Kier molecular flexibility index (Phi) is 8.67. The van der Waals surface area contributed by atoms with E-state index in [0.29, 0.717) is 11.4 Å². The first-order valence-corrected chi connectivity index (χ1v) is 20.2. The van der Waals surface area contributed by atoms with Gasteiger partial charge in [-0.05, 0) is 94.4 Å². The van der Waals surface area contributed by atoms with Gasteiger partial charge in [0, 0.05) is 44.7 Å². The number of nitrogens with zero attached hydrogens (tertiary/aromatic N) is 2. The molecule has 0 saturated heterocycles. The van der Waals surface area contributed by atoms with Gasteiger partial charge >= 0.3 is 0 Å². The van der Waals surface area contributed by atoms with Crippen molar-refractivity contribution in [3.05, 3.63) is 230 Å². The normalized spacial score (nSPS) is 11.6. The summed E-state index contributed by atoms with van der Waals surface area (Å²) in [6.07, 6.45) is 0. The average molecular weight is 773 g/mol. The number of para-hydroxylation sites is 2. The molecule has 4 heteroatoms. The van der Waals surface area contributed by atoms with Gasteiger partial charge in [0.2, 0.25) is 0 Å². The van der Waals surface area contributed by atoms with Crippen molar-refractivity contribution in [3.8, 4) is 44.9 Å². The van der Waals surface area contributed by atoms with Crippen LogP contribution < -0.4 is 14.5 Å². The molecule has 0 aliphatic carbocycles. The minimum atomic E-state index is -0.325. The molecule has 0 N–H and O–H groups in total. The Balaban J connectivity index is 1.08. The number of hydrogen-bond donors (Lipinski definition) is 0. The Morgan fingerprint density at radius 1 is 0.350 bits per heavy atom. The van der Waals surface area contributed by atoms with Crippen LogP contribution in [0.1, 0.15) is 0 Å². The predicted molar refractivity (Wildman–Crippen MR) is 247 cm³/mol. The molecule has 1 aliphatic heterocycles. The summed E-state index contributed by atoms with van der Waals surface area (Å²) in [5.74, 6) is 1.15. The highest BCUT2D eigenvalue weighted by molar-refractivity contribution is 6.12. The molecule has 10 aromatic rings. The molecule has 0 spiro atoms. The first-order valence-electron chi connectivity index (χ1n) is 20.2. The Morgan fingerprint density at radius 3 is 1.68 bits per heavy atom. The molecule has 0 aromatic heterocycles. The molecule has 0 amide bonds. The van der Waals surface area contributed by atoms with Crippen molar-refractivity contribution < 1.29 is 9.13 Å². The summed E-state index contributed by atoms with van der Waals surface area (Å²) in [6, 6.07) is 76.3. The van der Waals surface area contributed by atoms with E-state index in [0.717, 1.165) is 78.3 Å². The van der Waals surface area contributed by atoms with Crippen LogP contribution in [0, 0.1) is 5.82 Å². The van der Waals surface area contributed by atoms with Crippen LogP contribution in [0.3, 0.4) is 0 Å². The van der Waals surface area contributed by atoms with Gasteiger partial charge in [-0.2, -0.15) is 0 Å². The van der Waals surface area contributed by atoms with E-state index in [1.807, 2.05) is 108 Å². The summed E-state index contributed by atoms with van der Waals surface area (Å²) in [6.45, 7) is 0. The largest absolute Gasteiger partial charge is 0.456 e. The fraction of sp³-hybridized carbons (Fsp3) is 0. The van der Waals surface area contributed by atoms with Gasteiger partial charge < -0.3 is 14.5 Å². The van der Waals surface area contributed by atoms with Crippen molar-refractivity contribution in [2.75, 3.05) is 9.80 Å². The lowest BCUT2D eigenvalue weighted by atomic mass is 9.92. The molecular weight excluding hydrogens is 736 g/mol. The topological polar surface area (TPSA) is 15.7 Å². The van der Waals surface area contributed by atoms with Crippen molar-refractivity contribution in [2.45, 2.75) is 0 Å². The van der Waals surface area contributed by atoms with Gasteiger partial charge in [-0.3, -0.25) is 0 Å². The first kappa shape index (κ1) is 35.2. The van der Waals surface area contributed by atoms with E-state index in [2.05, 4.69) is 120 Å². The monoisotopic (exact) mass is 772 g/mol. The van der Waals surface area contributed by atoms with Crippen LogP contribution in [0.2, 0.25) is 0 Å². The Morgan fingerprint density at radius 2 is 0.933 bits per heavy atom. The van der Waals surface area contributed by atoms with E-state index in [-0.39, 0.29) is 5.82 Å². The van der Waals surface area contributed by atoms with Crippen molar-refractivity contribution in [1.29, 1.82) is 0 Å². The van der Waals surface area contributed by atoms with Crippen LogP contribution in [0.15, 0.2) is 224 Å². The van der Waals surface area contributed by atoms with Crippen molar-refractivity contribution in [3.63, 3.8) is 0 Å². The quantitative estimate of drug-likeness (QED) is 0.153. The molecule has 0 bridgehead atoms. The lowest BCUT2D eigenvalue weighted by molar-refractivity contribution is 0.487. The molecule has 0 radical (unpaired) electrons. The fourth-order valence-corrected chi connectivity index (χ4v) is 8.77. The maximum atomic E-state index is 17.1. The molecule has 0 saturated carbocycles. The second-order valence-electron chi connectivity index (χ2n) is 15.0. The van der Waals surface area contributed by atoms with E-state index in [1.165, 1.54) is 10.8 Å². The summed E-state index contributed by atoms with van der Waals surface area (Å²) < 4.78 is 24.1. The van der Waals surface area contributed by atoms with Crippen LogP contribution in [0.4, 0.5) is 38.5 Å². The summed E-state index contributed by atoms with van der Waals surface area (Å²) >= 11 is 0. The van der Waals surface area contributed by atoms with Crippen LogP contribution in [-0.2, 0) is 0 Å². The molecule has 1 aliphatic rings. The van der Waals surface area contributed by atoms with Gasteiger partial charge in [0.15, 0.2) is 0 Å². The third-order valence-electron chi connectivity index (χ3n) is 11.5. The van der Waals surface area contributed by atoms with E-state index in [4.69, 9.17) is 4.74 Å². The van der Waals surface area contributed by atoms with E-state index >= 15 is 4.39 Å². The van der Waals surface area contributed by atoms with Crippen molar-refractivity contribution in [2.24, 2.45) is 0 Å². The fourth-order valence-electron chi connectivity index (χ4n) is 8.77. The van der Waals surface area contributed by atoms with Gasteiger partial charge in [-0.1, -0.05) is 152 Å². The Labute approximate surface area is 348 Å². The molecule has 3 nitrogen and oxygen atoms in total. The van der Waals surface area contributed by atoms with E-state index in [9.17, 15) is 0 Å². The minimum Gasteiger partial charge on any atom is -0.456 e. The van der Waals surface area contributed by atoms with Gasteiger partial charge in [0.05, 0.1) is 22.7 Å². The number of fused-ring (bicyclic) bond motifs is 3. The smallest absolute Gasteiger partial charge is 0.148 e. The molecule has 11 rings (SSSR count). The highest BCUT2D eigenvalue weighted by atomic mass is 19.1. The zero-order chi connectivity index (χ0) is 40.0. The molecule has 0 unspecified atom stereocenters. The van der Waals surface area contributed by atoms with Crippen LogP contribution in [-0.4, -0.2) is 0 Å². The van der Waals surface area contributed by atoms with Gasteiger partial charge in [0.1, 0.15) is 17.3 Å². The highest BCUT2D eigenvalue weighted by Crippen LogP contribution is 2.53. The number of rotatable bonds is 8. The van der Waals surface area contributed by atoms with Crippen LogP contribution >= 0.6 is 0 Å². The molecular formula is C56H37FN2O. The predicted octanol–water partition coefficient (Wildman–Crippen LogP) is 16.2. The van der Waals surface area contributed by atoms with Gasteiger partial charge in [-0.25, -0.2) is 4.39 Å². The maximum absolute atomic E-state index is 17.1. The molecule has 0 fully saturated rings. The lowest BCUT2D eigenvalue weighted by Gasteiger charge is -2.31. The van der Waals surface area contributed by atoms with Crippen molar-refractivity contribution >= 4 is 55.7 Å². The average Bonchev–Trinajstić information content (AvgIpc) is 3.31. The second-order valence-corrected chi connectivity index (χ2v) is 15.0. The SMILES string of the molecule is Fc1cc(-c2ccccc2)cc(-c2ccccc2)c1N(c1ccccc1)c1ccc2c(c1)Oc1cccc3c(N(c4ccccc4)c4cccc5ccccc45)ccc-2c13. The van der Waals surface area contributed by atoms with Gasteiger partial charge in [0.25, 0.3) is 0 Å². The van der Waals surface area contributed by atoms with Crippen LogP contribution in [0.5, 0.6) is 11.5 Å². The standard InChI is InChI=1S/C56H37FN2O/c57-50-36-41(38-17-5-1-6-18-38)35-49(40-19-7-2-8-20-40)56(50)58(42-23-9-3-10-24-42)44-31-32-46-47-33-34-52(48-28-16-30-53(55(47)48)60-54(46)37-44)59(43-25-11-4-12-26-43)51-29-15-22-39-21-13-14-27-45(39)51/h1-37H. The number of halogens is 1. The highest BCUT2D eigenvalue weighted by Gasteiger charge is 2.28. The molecule has 10 aromatic carbocycles. The zero-order valence-electron chi connectivity index (χ0n) is 32.5. The summed E-state index contributed by atoms with van der Waals surface area (Å²) in [7, 11) is 0. The summed E-state index contributed by atoms with van der Waals surface area (Å²) in [5, 5.41) is 4.47. The maximum Gasteiger partial charge on any atom is 0.148 e. The Hall–Kier alpha value is -7.95. The minimum absolute atomic E-state index is 0.325. The number of benzene rings is 10. The number of hydrogen-bond acceptors (Lipinski definition) is 3. The number of anilines is 6. The van der Waals surface area contributed by atoms with Gasteiger partial charge in [-0.15, -0.1) is 0 Å². The molecule has 1 heterocycles. The second kappa shape index (κ2) is 14.8. The third-order valence-corrected chi connectivity index (χ3v) is 11.5.